The zero-order valence-electron chi connectivity index (χ0n) is 17.6. The van der Waals surface area contributed by atoms with E-state index in [1.807, 2.05) is 30.3 Å². The number of H-pyrrole nitrogens is 1. The average molecular weight is 438 g/mol. The van der Waals surface area contributed by atoms with Crippen molar-refractivity contribution in [1.29, 1.82) is 0 Å². The van der Waals surface area contributed by atoms with Gasteiger partial charge in [-0.1, -0.05) is 23.7 Å². The summed E-state index contributed by atoms with van der Waals surface area (Å²) < 4.78 is 0. The number of aromatic amines is 1. The van der Waals surface area contributed by atoms with Gasteiger partial charge in [-0.15, -0.1) is 0 Å². The molecule has 1 aromatic heterocycles. The number of aromatic nitrogens is 2. The molecular weight excluding hydrogens is 410 g/mol. The van der Waals surface area contributed by atoms with E-state index in [0.717, 1.165) is 86.6 Å². The molecule has 1 amide bonds. The molecule has 0 saturated carbocycles. The molecule has 3 aromatic rings. The predicted octanol–water partition coefficient (Wildman–Crippen LogP) is 3.92. The molecule has 2 aromatic carbocycles. The van der Waals surface area contributed by atoms with Crippen LogP contribution in [0.15, 0.2) is 42.5 Å². The maximum Gasteiger partial charge on any atom is 0.227 e. The van der Waals surface area contributed by atoms with Crippen LogP contribution in [0, 0.1) is 5.92 Å². The number of hydrogen-bond acceptors (Lipinski definition) is 4. The number of nitrogens with zero attached hydrogens (tertiary/aromatic N) is 3. The van der Waals surface area contributed by atoms with Gasteiger partial charge in [-0.25, -0.2) is 4.98 Å². The van der Waals surface area contributed by atoms with Crippen molar-refractivity contribution in [3.8, 4) is 11.4 Å². The Morgan fingerprint density at radius 1 is 1.06 bits per heavy atom. The molecule has 31 heavy (non-hydrogen) atoms. The molecule has 3 heterocycles. The third-order valence-electron chi connectivity index (χ3n) is 6.41. The third-order valence-corrected chi connectivity index (χ3v) is 6.74. The number of amides is 1. The van der Waals surface area contributed by atoms with E-state index in [-0.39, 0.29) is 5.92 Å². The van der Waals surface area contributed by atoms with E-state index in [2.05, 4.69) is 32.2 Å². The highest BCUT2D eigenvalue weighted by Crippen LogP contribution is 2.32. The van der Waals surface area contributed by atoms with Crippen LogP contribution in [0.5, 0.6) is 0 Å². The molecule has 1 unspecified atom stereocenters. The first kappa shape index (κ1) is 20.3. The average Bonchev–Trinajstić information content (AvgIpc) is 3.09. The van der Waals surface area contributed by atoms with E-state index >= 15 is 0 Å². The van der Waals surface area contributed by atoms with Gasteiger partial charge >= 0.3 is 0 Å². The van der Waals surface area contributed by atoms with Crippen LogP contribution < -0.4 is 10.2 Å². The number of carbonyl (C=O) groups excluding carboxylic acids is 1. The Kier molecular flexibility index (Phi) is 5.83. The Balaban J connectivity index is 1.33. The number of carbonyl (C=O) groups is 1. The van der Waals surface area contributed by atoms with Crippen molar-refractivity contribution in [1.82, 2.24) is 20.2 Å². The van der Waals surface area contributed by atoms with Crippen molar-refractivity contribution in [2.75, 3.05) is 44.2 Å². The lowest BCUT2D eigenvalue weighted by atomic mass is 9.98. The van der Waals surface area contributed by atoms with Crippen LogP contribution in [-0.2, 0) is 4.79 Å². The van der Waals surface area contributed by atoms with Crippen molar-refractivity contribution in [2.24, 2.45) is 5.92 Å². The number of fused-ring (bicyclic) bond motifs is 1. The number of rotatable bonds is 3. The van der Waals surface area contributed by atoms with Crippen molar-refractivity contribution in [3.05, 3.63) is 47.5 Å². The molecule has 2 fully saturated rings. The van der Waals surface area contributed by atoms with Crippen LogP contribution in [-0.4, -0.2) is 60.0 Å². The zero-order valence-corrected chi connectivity index (χ0v) is 18.4. The van der Waals surface area contributed by atoms with Gasteiger partial charge in [-0.2, -0.15) is 0 Å². The van der Waals surface area contributed by atoms with E-state index in [4.69, 9.17) is 16.6 Å². The normalized spacial score (nSPS) is 20.1. The molecule has 0 bridgehead atoms. The maximum atomic E-state index is 13.0. The molecule has 0 aliphatic carbocycles. The highest BCUT2D eigenvalue weighted by Gasteiger charge is 2.27. The summed E-state index contributed by atoms with van der Waals surface area (Å²) in [6.45, 7) is 5.19. The molecule has 6 nitrogen and oxygen atoms in total. The van der Waals surface area contributed by atoms with Crippen molar-refractivity contribution >= 4 is 34.2 Å². The van der Waals surface area contributed by atoms with Crippen LogP contribution >= 0.6 is 11.6 Å². The second-order valence-corrected chi connectivity index (χ2v) is 8.88. The predicted molar refractivity (Wildman–Crippen MR) is 126 cm³/mol. The van der Waals surface area contributed by atoms with E-state index in [1.165, 1.54) is 0 Å². The van der Waals surface area contributed by atoms with E-state index < -0.39 is 0 Å². The maximum absolute atomic E-state index is 13.0. The molecule has 162 valence electrons. The van der Waals surface area contributed by atoms with Crippen LogP contribution in [0.1, 0.15) is 19.3 Å². The molecule has 2 saturated heterocycles. The standard InChI is InChI=1S/C24H28ClN5O/c25-20-9-8-18(15-19(20)23-27-21-6-1-2-7-22(21)28-23)29-11-4-12-30(14-13-29)24(31)17-5-3-10-26-16-17/h1-2,6-9,15,17,26H,3-5,10-14,16H2,(H,27,28). The number of hydrogen-bond donors (Lipinski definition) is 2. The van der Waals surface area contributed by atoms with Crippen LogP contribution in [0.3, 0.4) is 0 Å². The fourth-order valence-corrected chi connectivity index (χ4v) is 4.90. The quantitative estimate of drug-likeness (QED) is 0.651. The summed E-state index contributed by atoms with van der Waals surface area (Å²) in [5, 5.41) is 4.04. The second-order valence-electron chi connectivity index (χ2n) is 8.48. The summed E-state index contributed by atoms with van der Waals surface area (Å²) >= 11 is 6.54. The number of piperidine rings is 1. The Bertz CT molecular complexity index is 1040. The molecule has 7 heteroatoms. The second kappa shape index (κ2) is 8.89. The number of halogens is 1. The van der Waals surface area contributed by atoms with Gasteiger partial charge < -0.3 is 20.1 Å². The Labute approximate surface area is 187 Å². The van der Waals surface area contributed by atoms with Gasteiger partial charge in [0.1, 0.15) is 5.82 Å². The number of benzene rings is 2. The largest absolute Gasteiger partial charge is 0.370 e. The lowest BCUT2D eigenvalue weighted by Crippen LogP contribution is -2.44. The number of anilines is 1. The summed E-state index contributed by atoms with van der Waals surface area (Å²) in [4.78, 5) is 25.5. The van der Waals surface area contributed by atoms with Gasteiger partial charge in [0.25, 0.3) is 0 Å². The molecule has 2 aliphatic rings. The smallest absolute Gasteiger partial charge is 0.227 e. The molecule has 1 atom stereocenters. The van der Waals surface area contributed by atoms with Gasteiger partial charge in [-0.3, -0.25) is 4.79 Å². The zero-order chi connectivity index (χ0) is 21.2. The summed E-state index contributed by atoms with van der Waals surface area (Å²) in [5.41, 5.74) is 3.95. The first-order valence-corrected chi connectivity index (χ1v) is 11.6. The van der Waals surface area contributed by atoms with Crippen LogP contribution in [0.4, 0.5) is 5.69 Å². The lowest BCUT2D eigenvalue weighted by molar-refractivity contribution is -0.135. The fraction of sp³-hybridized carbons (Fsp3) is 0.417. The summed E-state index contributed by atoms with van der Waals surface area (Å²) in [5.74, 6) is 1.23. The van der Waals surface area contributed by atoms with Crippen LogP contribution in [0.25, 0.3) is 22.4 Å². The topological polar surface area (TPSA) is 64.3 Å². The lowest BCUT2D eigenvalue weighted by Gasteiger charge is -2.29. The molecule has 0 spiro atoms. The number of nitrogens with one attached hydrogen (secondary N) is 2. The van der Waals surface area contributed by atoms with Crippen LogP contribution in [0.2, 0.25) is 5.02 Å². The van der Waals surface area contributed by atoms with E-state index in [1.54, 1.807) is 0 Å². The van der Waals surface area contributed by atoms with E-state index in [0.29, 0.717) is 10.9 Å². The summed E-state index contributed by atoms with van der Waals surface area (Å²) in [6, 6.07) is 14.1. The minimum Gasteiger partial charge on any atom is -0.370 e. The first-order valence-electron chi connectivity index (χ1n) is 11.2. The van der Waals surface area contributed by atoms with Gasteiger partial charge in [-0.05, 0) is 56.1 Å². The monoisotopic (exact) mass is 437 g/mol. The molecule has 0 radical (unpaired) electrons. The summed E-state index contributed by atoms with van der Waals surface area (Å²) in [6.07, 6.45) is 3.06. The van der Waals surface area contributed by atoms with Gasteiger partial charge in [0.2, 0.25) is 5.91 Å². The molecule has 5 rings (SSSR count). The molecule has 2 N–H and O–H groups in total. The highest BCUT2D eigenvalue weighted by atomic mass is 35.5. The minimum absolute atomic E-state index is 0.135. The minimum atomic E-state index is 0.135. The van der Waals surface area contributed by atoms with Crippen molar-refractivity contribution in [2.45, 2.75) is 19.3 Å². The SMILES string of the molecule is O=C(C1CCCNC1)N1CCCN(c2ccc(Cl)c(-c3nc4ccccc4[nH]3)c2)CC1. The highest BCUT2D eigenvalue weighted by molar-refractivity contribution is 6.33. The number of imidazole rings is 1. The van der Waals surface area contributed by atoms with Crippen molar-refractivity contribution < 1.29 is 4.79 Å². The fourth-order valence-electron chi connectivity index (χ4n) is 4.69. The number of para-hydroxylation sites is 2. The Morgan fingerprint density at radius 3 is 2.81 bits per heavy atom. The first-order chi connectivity index (χ1) is 15.2. The summed E-state index contributed by atoms with van der Waals surface area (Å²) in [7, 11) is 0. The van der Waals surface area contributed by atoms with Gasteiger partial charge in [0.05, 0.1) is 22.0 Å². The molecular formula is C24H28ClN5O. The van der Waals surface area contributed by atoms with Crippen molar-refractivity contribution in [3.63, 3.8) is 0 Å². The third kappa shape index (κ3) is 4.27. The van der Waals surface area contributed by atoms with E-state index in [9.17, 15) is 4.79 Å². The van der Waals surface area contributed by atoms with Gasteiger partial charge in [0.15, 0.2) is 0 Å². The Hall–Kier alpha value is -2.57. The molecule has 2 aliphatic heterocycles. The Morgan fingerprint density at radius 2 is 1.97 bits per heavy atom. The van der Waals surface area contributed by atoms with Gasteiger partial charge in [0, 0.05) is 44.0 Å².